The van der Waals surface area contributed by atoms with E-state index in [-0.39, 0.29) is 12.4 Å². The van der Waals surface area contributed by atoms with Crippen LogP contribution in [0.2, 0.25) is 0 Å². The van der Waals surface area contributed by atoms with Crippen LogP contribution in [0.3, 0.4) is 0 Å². The molecule has 0 saturated heterocycles. The van der Waals surface area contributed by atoms with Crippen LogP contribution in [0.25, 0.3) is 11.1 Å². The van der Waals surface area contributed by atoms with Crippen LogP contribution in [0.15, 0.2) is 36.4 Å². The summed E-state index contributed by atoms with van der Waals surface area (Å²) in [5.41, 5.74) is 8.91. The van der Waals surface area contributed by atoms with E-state index in [0.717, 1.165) is 17.5 Å². The molecule has 0 aromatic heterocycles. The van der Waals surface area contributed by atoms with Gasteiger partial charge in [-0.2, -0.15) is 0 Å². The maximum Gasteiger partial charge on any atom is 0.203 e. The summed E-state index contributed by atoms with van der Waals surface area (Å²) in [4.78, 5) is 0. The van der Waals surface area contributed by atoms with Gasteiger partial charge in [0.05, 0.1) is 21.3 Å². The Balaban J connectivity index is 0.00000242. The smallest absolute Gasteiger partial charge is 0.203 e. The molecule has 0 bridgehead atoms. The summed E-state index contributed by atoms with van der Waals surface area (Å²) in [6.07, 6.45) is 0.884. The average molecular weight is 324 g/mol. The van der Waals surface area contributed by atoms with Crippen LogP contribution >= 0.6 is 12.4 Å². The molecule has 0 atom stereocenters. The van der Waals surface area contributed by atoms with Crippen molar-refractivity contribution in [2.45, 2.75) is 6.42 Å². The number of methoxy groups -OCH3 is 3. The summed E-state index contributed by atoms with van der Waals surface area (Å²) in [7, 11) is 4.83. The first kappa shape index (κ1) is 18.1. The van der Waals surface area contributed by atoms with Gasteiger partial charge in [0.25, 0.3) is 0 Å². The average Bonchev–Trinajstić information content (AvgIpc) is 2.54. The second-order valence-electron chi connectivity index (χ2n) is 4.65. The molecule has 0 spiro atoms. The molecule has 2 rings (SSSR count). The fourth-order valence-corrected chi connectivity index (χ4v) is 2.28. The number of hydrogen-bond donors (Lipinski definition) is 1. The zero-order chi connectivity index (χ0) is 15.2. The molecule has 2 N–H and O–H groups in total. The molecule has 22 heavy (non-hydrogen) atoms. The molecule has 0 aliphatic heterocycles. The molecule has 5 heteroatoms. The normalized spacial score (nSPS) is 9.82. The van der Waals surface area contributed by atoms with Crippen molar-refractivity contribution in [2.24, 2.45) is 5.73 Å². The standard InChI is InChI=1S/C17H21NO3.ClH/c1-19-15-10-14(11-16(20-2)17(15)21-3)13-6-4-12(5-7-13)8-9-18;/h4-7,10-11H,8-9,18H2,1-3H3;1H. The molecule has 0 saturated carbocycles. The highest BCUT2D eigenvalue weighted by atomic mass is 35.5. The Morgan fingerprint density at radius 1 is 0.818 bits per heavy atom. The van der Waals surface area contributed by atoms with Crippen molar-refractivity contribution in [1.82, 2.24) is 0 Å². The molecule has 4 nitrogen and oxygen atoms in total. The van der Waals surface area contributed by atoms with Crippen molar-refractivity contribution in [3.8, 4) is 28.4 Å². The Morgan fingerprint density at radius 3 is 1.77 bits per heavy atom. The molecule has 0 amide bonds. The lowest BCUT2D eigenvalue weighted by molar-refractivity contribution is 0.324. The van der Waals surface area contributed by atoms with E-state index < -0.39 is 0 Å². The topological polar surface area (TPSA) is 53.7 Å². The lowest BCUT2D eigenvalue weighted by Crippen LogP contribution is -2.02. The first-order valence-corrected chi connectivity index (χ1v) is 6.82. The van der Waals surface area contributed by atoms with Crippen LogP contribution in [-0.4, -0.2) is 27.9 Å². The Morgan fingerprint density at radius 2 is 1.36 bits per heavy atom. The Labute approximate surface area is 137 Å². The first-order chi connectivity index (χ1) is 10.2. The fourth-order valence-electron chi connectivity index (χ4n) is 2.28. The molecule has 120 valence electrons. The third-order valence-electron chi connectivity index (χ3n) is 3.39. The highest BCUT2D eigenvalue weighted by Gasteiger charge is 2.13. The van der Waals surface area contributed by atoms with E-state index in [1.165, 1.54) is 5.56 Å². The minimum atomic E-state index is 0. The van der Waals surface area contributed by atoms with E-state index in [4.69, 9.17) is 19.9 Å². The highest BCUT2D eigenvalue weighted by Crippen LogP contribution is 2.41. The first-order valence-electron chi connectivity index (χ1n) is 6.82. The summed E-state index contributed by atoms with van der Waals surface area (Å²) in [5.74, 6) is 1.90. The summed E-state index contributed by atoms with van der Waals surface area (Å²) < 4.78 is 16.1. The lowest BCUT2D eigenvalue weighted by atomic mass is 10.0. The van der Waals surface area contributed by atoms with Gasteiger partial charge in [0, 0.05) is 0 Å². The second kappa shape index (κ2) is 8.51. The Kier molecular flexibility index (Phi) is 7.02. The van der Waals surface area contributed by atoms with Crippen molar-refractivity contribution >= 4 is 12.4 Å². The maximum absolute atomic E-state index is 5.57. The quantitative estimate of drug-likeness (QED) is 0.886. The lowest BCUT2D eigenvalue weighted by Gasteiger charge is -2.14. The van der Waals surface area contributed by atoms with Crippen molar-refractivity contribution in [3.63, 3.8) is 0 Å². The molecule has 0 radical (unpaired) electrons. The van der Waals surface area contributed by atoms with Gasteiger partial charge in [-0.15, -0.1) is 12.4 Å². The number of nitrogens with two attached hydrogens (primary N) is 1. The van der Waals surface area contributed by atoms with Crippen molar-refractivity contribution in [1.29, 1.82) is 0 Å². The summed E-state index contributed by atoms with van der Waals surface area (Å²) in [6, 6.07) is 12.2. The molecule has 2 aromatic carbocycles. The van der Waals surface area contributed by atoms with Crippen LogP contribution in [0.1, 0.15) is 5.56 Å². The van der Waals surface area contributed by atoms with E-state index in [0.29, 0.717) is 23.8 Å². The van der Waals surface area contributed by atoms with Gasteiger partial charge in [0.2, 0.25) is 5.75 Å². The number of ether oxygens (including phenoxy) is 3. The van der Waals surface area contributed by atoms with E-state index in [1.807, 2.05) is 12.1 Å². The van der Waals surface area contributed by atoms with Gasteiger partial charge < -0.3 is 19.9 Å². The molecule has 2 aromatic rings. The maximum atomic E-state index is 5.57. The monoisotopic (exact) mass is 323 g/mol. The van der Waals surface area contributed by atoms with E-state index in [2.05, 4.69) is 24.3 Å². The number of hydrogen-bond acceptors (Lipinski definition) is 4. The predicted octanol–water partition coefficient (Wildman–Crippen LogP) is 3.30. The molecular weight excluding hydrogens is 302 g/mol. The summed E-state index contributed by atoms with van der Waals surface area (Å²) in [6.45, 7) is 0.656. The highest BCUT2D eigenvalue weighted by molar-refractivity contribution is 5.85. The zero-order valence-electron chi connectivity index (χ0n) is 13.1. The fraction of sp³-hybridized carbons (Fsp3) is 0.294. The van der Waals surface area contributed by atoms with Gasteiger partial charge in [-0.25, -0.2) is 0 Å². The van der Waals surface area contributed by atoms with Crippen LogP contribution in [0, 0.1) is 0 Å². The minimum absolute atomic E-state index is 0. The molecule has 0 heterocycles. The molecule has 0 aliphatic carbocycles. The molecular formula is C17H22ClNO3. The van der Waals surface area contributed by atoms with Gasteiger partial charge in [0.15, 0.2) is 11.5 Å². The SMILES string of the molecule is COc1cc(-c2ccc(CCN)cc2)cc(OC)c1OC.Cl. The summed E-state index contributed by atoms with van der Waals surface area (Å²) in [5, 5.41) is 0. The van der Waals surface area contributed by atoms with Crippen LogP contribution in [-0.2, 0) is 6.42 Å². The molecule has 0 unspecified atom stereocenters. The van der Waals surface area contributed by atoms with Gasteiger partial charge in [0.1, 0.15) is 0 Å². The van der Waals surface area contributed by atoms with Crippen LogP contribution in [0.4, 0.5) is 0 Å². The van der Waals surface area contributed by atoms with E-state index in [1.54, 1.807) is 21.3 Å². The van der Waals surface area contributed by atoms with Crippen molar-refractivity contribution < 1.29 is 14.2 Å². The number of benzene rings is 2. The van der Waals surface area contributed by atoms with Gasteiger partial charge >= 0.3 is 0 Å². The summed E-state index contributed by atoms with van der Waals surface area (Å²) >= 11 is 0. The van der Waals surface area contributed by atoms with E-state index in [9.17, 15) is 0 Å². The molecule has 0 fully saturated rings. The van der Waals surface area contributed by atoms with E-state index >= 15 is 0 Å². The third-order valence-corrected chi connectivity index (χ3v) is 3.39. The van der Waals surface area contributed by atoms with Crippen LogP contribution < -0.4 is 19.9 Å². The van der Waals surface area contributed by atoms with Gasteiger partial charge in [-0.05, 0) is 41.8 Å². The van der Waals surface area contributed by atoms with Crippen molar-refractivity contribution in [2.75, 3.05) is 27.9 Å². The van der Waals surface area contributed by atoms with Crippen LogP contribution in [0.5, 0.6) is 17.2 Å². The number of rotatable bonds is 6. The zero-order valence-corrected chi connectivity index (χ0v) is 13.9. The third kappa shape index (κ3) is 3.84. The Hall–Kier alpha value is -1.91. The number of halogens is 1. The van der Waals surface area contributed by atoms with Gasteiger partial charge in [-0.1, -0.05) is 24.3 Å². The van der Waals surface area contributed by atoms with Gasteiger partial charge in [-0.3, -0.25) is 0 Å². The predicted molar refractivity (Wildman–Crippen MR) is 91.5 cm³/mol. The van der Waals surface area contributed by atoms with Crippen molar-refractivity contribution in [3.05, 3.63) is 42.0 Å². The second-order valence-corrected chi connectivity index (χ2v) is 4.65. The minimum Gasteiger partial charge on any atom is -0.493 e. The Bertz CT molecular complexity index is 574. The molecule has 0 aliphatic rings. The largest absolute Gasteiger partial charge is 0.493 e.